The maximum Gasteiger partial charge on any atom is 0.407 e. The number of nitrogens with one attached hydrogen (secondary N) is 1. The Morgan fingerprint density at radius 1 is 1.57 bits per heavy atom. The first-order valence-electron chi connectivity index (χ1n) is 7.59. The lowest BCUT2D eigenvalue weighted by Gasteiger charge is -2.24. The number of carbonyl (C=O) groups is 1. The van der Waals surface area contributed by atoms with Crippen LogP contribution in [0.3, 0.4) is 0 Å². The highest BCUT2D eigenvalue weighted by molar-refractivity contribution is 7.10. The van der Waals surface area contributed by atoms with Crippen molar-refractivity contribution in [3.63, 3.8) is 0 Å². The van der Waals surface area contributed by atoms with E-state index in [4.69, 9.17) is 4.74 Å². The van der Waals surface area contributed by atoms with Gasteiger partial charge in [-0.2, -0.15) is 0 Å². The summed E-state index contributed by atoms with van der Waals surface area (Å²) in [4.78, 5) is 15.6. The van der Waals surface area contributed by atoms with Gasteiger partial charge in [0.15, 0.2) is 0 Å². The SMILES string of the molecule is C[C@H](c1cccs1)N1CC[C@@H](CNC(=O)OC(C)(C)C)C1. The first kappa shape index (κ1) is 16.3. The normalized spacial score (nSPS) is 21.2. The number of nitrogens with zero attached hydrogens (tertiary/aromatic N) is 1. The first-order chi connectivity index (χ1) is 9.85. The lowest BCUT2D eigenvalue weighted by molar-refractivity contribution is 0.0519. The molecule has 0 bridgehead atoms. The van der Waals surface area contributed by atoms with Gasteiger partial charge in [0.2, 0.25) is 0 Å². The fourth-order valence-electron chi connectivity index (χ4n) is 2.63. The average molecular weight is 310 g/mol. The van der Waals surface area contributed by atoms with Gasteiger partial charge >= 0.3 is 6.09 Å². The van der Waals surface area contributed by atoms with Crippen molar-refractivity contribution in [2.24, 2.45) is 5.92 Å². The minimum Gasteiger partial charge on any atom is -0.444 e. The first-order valence-corrected chi connectivity index (χ1v) is 8.47. The molecule has 21 heavy (non-hydrogen) atoms. The molecule has 5 heteroatoms. The van der Waals surface area contributed by atoms with E-state index in [1.807, 2.05) is 32.1 Å². The zero-order valence-electron chi connectivity index (χ0n) is 13.4. The van der Waals surface area contributed by atoms with Gasteiger partial charge in [-0.1, -0.05) is 6.07 Å². The van der Waals surface area contributed by atoms with E-state index in [-0.39, 0.29) is 6.09 Å². The topological polar surface area (TPSA) is 41.6 Å². The standard InChI is InChI=1S/C16H26N2O2S/c1-12(14-6-5-9-21-14)18-8-7-13(11-18)10-17-15(19)20-16(2,3)4/h5-6,9,12-13H,7-8,10-11H2,1-4H3,(H,17,19)/t12-,13+/m1/s1. The molecule has 1 aliphatic rings. The van der Waals surface area contributed by atoms with Crippen molar-refractivity contribution in [1.82, 2.24) is 10.2 Å². The molecule has 0 saturated carbocycles. The van der Waals surface area contributed by atoms with Gasteiger partial charge in [-0.25, -0.2) is 4.79 Å². The van der Waals surface area contributed by atoms with Crippen LogP contribution in [0.15, 0.2) is 17.5 Å². The Morgan fingerprint density at radius 2 is 2.33 bits per heavy atom. The summed E-state index contributed by atoms with van der Waals surface area (Å²) in [5.41, 5.74) is -0.431. The number of carbonyl (C=O) groups excluding carboxylic acids is 1. The highest BCUT2D eigenvalue weighted by Crippen LogP contribution is 2.29. The van der Waals surface area contributed by atoms with Crippen molar-refractivity contribution < 1.29 is 9.53 Å². The molecule has 0 aromatic carbocycles. The molecule has 1 aromatic rings. The van der Waals surface area contributed by atoms with Crippen LogP contribution in [0.2, 0.25) is 0 Å². The molecule has 118 valence electrons. The maximum atomic E-state index is 11.7. The molecule has 2 atom stereocenters. The van der Waals surface area contributed by atoms with Crippen LogP contribution in [0.1, 0.15) is 45.0 Å². The quantitative estimate of drug-likeness (QED) is 0.923. The van der Waals surface area contributed by atoms with E-state index in [0.717, 1.165) is 19.5 Å². The molecule has 4 nitrogen and oxygen atoms in total. The van der Waals surface area contributed by atoms with Gasteiger partial charge in [-0.15, -0.1) is 11.3 Å². The van der Waals surface area contributed by atoms with Crippen molar-refractivity contribution in [2.75, 3.05) is 19.6 Å². The molecular weight excluding hydrogens is 284 g/mol. The van der Waals surface area contributed by atoms with Crippen LogP contribution >= 0.6 is 11.3 Å². The molecule has 0 unspecified atom stereocenters. The average Bonchev–Trinajstić information content (AvgIpc) is 3.05. The fourth-order valence-corrected chi connectivity index (χ4v) is 3.45. The molecule has 0 spiro atoms. The third-order valence-corrected chi connectivity index (χ3v) is 4.80. The number of thiophene rings is 1. The summed E-state index contributed by atoms with van der Waals surface area (Å²) in [7, 11) is 0. The molecule has 1 amide bonds. The zero-order valence-corrected chi connectivity index (χ0v) is 14.2. The van der Waals surface area contributed by atoms with E-state index in [0.29, 0.717) is 18.5 Å². The smallest absolute Gasteiger partial charge is 0.407 e. The lowest BCUT2D eigenvalue weighted by Crippen LogP contribution is -2.36. The zero-order chi connectivity index (χ0) is 15.5. The number of hydrogen-bond acceptors (Lipinski definition) is 4. The van der Waals surface area contributed by atoms with Gasteiger partial charge in [0, 0.05) is 24.0 Å². The third kappa shape index (κ3) is 5.00. The molecule has 1 aromatic heterocycles. The summed E-state index contributed by atoms with van der Waals surface area (Å²) in [5, 5.41) is 5.02. The Morgan fingerprint density at radius 3 is 2.95 bits per heavy atom. The highest BCUT2D eigenvalue weighted by atomic mass is 32.1. The third-order valence-electron chi connectivity index (χ3n) is 3.75. The monoisotopic (exact) mass is 310 g/mol. The molecule has 0 radical (unpaired) electrons. The van der Waals surface area contributed by atoms with Gasteiger partial charge in [0.25, 0.3) is 0 Å². The minimum absolute atomic E-state index is 0.313. The molecule has 0 aliphatic carbocycles. The number of likely N-dealkylation sites (tertiary alicyclic amines) is 1. The summed E-state index contributed by atoms with van der Waals surface area (Å²) < 4.78 is 5.27. The second-order valence-electron chi connectivity index (χ2n) is 6.72. The lowest BCUT2D eigenvalue weighted by atomic mass is 10.1. The second-order valence-corrected chi connectivity index (χ2v) is 7.70. The predicted octanol–water partition coefficient (Wildman–Crippen LogP) is 3.66. The van der Waals surface area contributed by atoms with Crippen LogP contribution in [0.5, 0.6) is 0 Å². The minimum atomic E-state index is -0.431. The summed E-state index contributed by atoms with van der Waals surface area (Å²) >= 11 is 1.81. The Labute approximate surface area is 131 Å². The Bertz CT molecular complexity index is 453. The van der Waals surface area contributed by atoms with Crippen LogP contribution in [0.4, 0.5) is 4.79 Å². The predicted molar refractivity (Wildman–Crippen MR) is 86.7 cm³/mol. The highest BCUT2D eigenvalue weighted by Gasteiger charge is 2.27. The van der Waals surface area contributed by atoms with Crippen molar-refractivity contribution in [2.45, 2.75) is 45.8 Å². The van der Waals surface area contributed by atoms with E-state index in [9.17, 15) is 4.79 Å². The number of amides is 1. The van der Waals surface area contributed by atoms with Crippen molar-refractivity contribution in [3.8, 4) is 0 Å². The number of ether oxygens (including phenoxy) is 1. The van der Waals surface area contributed by atoms with Gasteiger partial charge in [-0.05, 0) is 58.0 Å². The summed E-state index contributed by atoms with van der Waals surface area (Å²) in [5.74, 6) is 0.514. The number of rotatable bonds is 4. The molecule has 1 saturated heterocycles. The van der Waals surface area contributed by atoms with Crippen LogP contribution in [-0.2, 0) is 4.74 Å². The van der Waals surface area contributed by atoms with Crippen LogP contribution in [-0.4, -0.2) is 36.2 Å². The second kappa shape index (κ2) is 6.79. The van der Waals surface area contributed by atoms with Gasteiger partial charge in [0.1, 0.15) is 5.60 Å². The van der Waals surface area contributed by atoms with Crippen molar-refractivity contribution >= 4 is 17.4 Å². The molecule has 1 fully saturated rings. The Balaban J connectivity index is 1.74. The van der Waals surface area contributed by atoms with Crippen LogP contribution < -0.4 is 5.32 Å². The molecule has 1 aliphatic heterocycles. The van der Waals surface area contributed by atoms with E-state index in [1.165, 1.54) is 4.88 Å². The Kier molecular flexibility index (Phi) is 5.27. The molecular formula is C16H26N2O2S. The van der Waals surface area contributed by atoms with Crippen LogP contribution in [0, 0.1) is 5.92 Å². The van der Waals surface area contributed by atoms with Crippen molar-refractivity contribution in [3.05, 3.63) is 22.4 Å². The van der Waals surface area contributed by atoms with Gasteiger partial charge in [0.05, 0.1) is 0 Å². The fraction of sp³-hybridized carbons (Fsp3) is 0.688. The number of hydrogen-bond donors (Lipinski definition) is 1. The molecule has 1 N–H and O–H groups in total. The van der Waals surface area contributed by atoms with E-state index >= 15 is 0 Å². The molecule has 2 rings (SSSR count). The van der Waals surface area contributed by atoms with Crippen LogP contribution in [0.25, 0.3) is 0 Å². The summed E-state index contributed by atoms with van der Waals surface area (Å²) in [6.07, 6.45) is 0.818. The molecule has 2 heterocycles. The van der Waals surface area contributed by atoms with Gasteiger partial charge < -0.3 is 10.1 Å². The van der Waals surface area contributed by atoms with Gasteiger partial charge in [-0.3, -0.25) is 4.90 Å². The van der Waals surface area contributed by atoms with E-state index < -0.39 is 5.60 Å². The van der Waals surface area contributed by atoms with E-state index in [2.05, 4.69) is 34.7 Å². The van der Waals surface area contributed by atoms with E-state index in [1.54, 1.807) is 0 Å². The number of alkyl carbamates (subject to hydrolysis) is 1. The Hall–Kier alpha value is -1.07. The largest absolute Gasteiger partial charge is 0.444 e. The summed E-state index contributed by atoms with van der Waals surface area (Å²) in [6, 6.07) is 4.77. The van der Waals surface area contributed by atoms with Crippen molar-refractivity contribution in [1.29, 1.82) is 0 Å². The summed E-state index contributed by atoms with van der Waals surface area (Å²) in [6.45, 7) is 10.7. The maximum absolute atomic E-state index is 11.7.